The van der Waals surface area contributed by atoms with Gasteiger partial charge >= 0.3 is 12.4 Å². The lowest BCUT2D eigenvalue weighted by Gasteiger charge is -2.21. The van der Waals surface area contributed by atoms with Gasteiger partial charge < -0.3 is 19.4 Å². The van der Waals surface area contributed by atoms with Gasteiger partial charge in [0, 0.05) is 47.0 Å². The molecular weight excluding hydrogens is 1030 g/mol. The van der Waals surface area contributed by atoms with Crippen molar-refractivity contribution in [3.63, 3.8) is 0 Å². The maximum Gasteiger partial charge on any atom is 0.407 e. The van der Waals surface area contributed by atoms with Crippen molar-refractivity contribution in [3.8, 4) is 22.5 Å². The highest BCUT2D eigenvalue weighted by molar-refractivity contribution is 9.10. The van der Waals surface area contributed by atoms with E-state index < -0.39 is 46.0 Å². The number of aromatic nitrogens is 2. The maximum atomic E-state index is 13.8. The van der Waals surface area contributed by atoms with Gasteiger partial charge in [-0.05, 0) is 122 Å². The summed E-state index contributed by atoms with van der Waals surface area (Å²) >= 11 is 3.30. The Morgan fingerprint density at radius 1 is 0.547 bits per heavy atom. The molecule has 2 aromatic heterocycles. The Labute approximate surface area is 442 Å². The number of halogens is 7. The predicted molar refractivity (Wildman–Crippen MR) is 294 cm³/mol. The highest BCUT2D eigenvalue weighted by Gasteiger charge is 2.38. The molecule has 0 saturated heterocycles. The summed E-state index contributed by atoms with van der Waals surface area (Å²) in [5.41, 5.74) is 3.40. The molecule has 2 heterocycles. The lowest BCUT2D eigenvalue weighted by molar-refractivity contribution is -0.137. The van der Waals surface area contributed by atoms with Gasteiger partial charge in [0.15, 0.2) is 0 Å². The zero-order valence-electron chi connectivity index (χ0n) is 42.6. The van der Waals surface area contributed by atoms with Gasteiger partial charge in [0.1, 0.15) is 0 Å². The molecule has 0 aliphatic rings. The van der Waals surface area contributed by atoms with E-state index in [1.165, 1.54) is 9.13 Å². The summed E-state index contributed by atoms with van der Waals surface area (Å²) in [5.74, 6) is 0. The molecule has 1 N–H and O–H groups in total. The van der Waals surface area contributed by atoms with Gasteiger partial charge in [-0.25, -0.2) is 9.69 Å². The van der Waals surface area contributed by atoms with Gasteiger partial charge in [0.25, 0.3) is 22.5 Å². The second kappa shape index (κ2) is 25.7. The van der Waals surface area contributed by atoms with Crippen LogP contribution in [0.5, 0.6) is 0 Å². The van der Waals surface area contributed by atoms with Crippen LogP contribution in [0.1, 0.15) is 58.4 Å². The van der Waals surface area contributed by atoms with Crippen LogP contribution in [-0.2, 0) is 25.4 Å². The Bertz CT molecular complexity index is 3430. The van der Waals surface area contributed by atoms with Crippen molar-refractivity contribution in [2.24, 2.45) is 0 Å². The van der Waals surface area contributed by atoms with E-state index >= 15 is 0 Å². The largest absolute Gasteiger partial charge is 0.407 e. The normalized spacial score (nSPS) is 10.8. The molecule has 0 aliphatic carbocycles. The molecule has 0 atom stereocenters. The molecule has 0 bridgehead atoms. The maximum absolute atomic E-state index is 13.8. The molecule has 75 heavy (non-hydrogen) atoms. The van der Waals surface area contributed by atoms with E-state index in [0.717, 1.165) is 67.0 Å². The predicted octanol–water partition coefficient (Wildman–Crippen LogP) is 16.8. The lowest BCUT2D eigenvalue weighted by atomic mass is 10.0. The minimum absolute atomic E-state index is 0.0482. The van der Waals surface area contributed by atoms with Crippen molar-refractivity contribution >= 4 is 44.4 Å². The summed E-state index contributed by atoms with van der Waals surface area (Å²) in [6.45, 7) is 26.2. The number of para-hydroxylation sites is 2. The smallest absolute Gasteiger partial charge is 0.388 e. The van der Waals surface area contributed by atoms with Gasteiger partial charge in [-0.1, -0.05) is 138 Å². The third kappa shape index (κ3) is 14.6. The van der Waals surface area contributed by atoms with Crippen LogP contribution in [0.15, 0.2) is 172 Å². The van der Waals surface area contributed by atoms with Crippen LogP contribution in [-0.4, -0.2) is 23.2 Å². The zero-order valence-corrected chi connectivity index (χ0v) is 44.2. The van der Waals surface area contributed by atoms with Gasteiger partial charge in [0.2, 0.25) is 0 Å². The van der Waals surface area contributed by atoms with Crippen LogP contribution in [0.4, 0.5) is 54.8 Å². The number of rotatable bonds is 9. The molecule has 8 aromatic rings. The molecule has 0 aliphatic heterocycles. The molecule has 8 nitrogen and oxygen atoms in total. The third-order valence-corrected chi connectivity index (χ3v) is 12.5. The summed E-state index contributed by atoms with van der Waals surface area (Å²) in [7, 11) is 3.81. The SMILES string of the molecule is CC.CNc1ccccc1.[C-]#[N+]c1c(C(F)(F)F)cc(-c2ccc(Br)cc2)n(Cc2ccc(C)cc2C)c1=O.[C-]#[N+]c1c(C(F)(F)F)cc(-c2ccc(N(C)c3ccccc3)cc2)n(Cc2ccc(C)cc2C)c1=O. The number of nitrogens with zero attached hydrogens (tertiary/aromatic N) is 5. The fourth-order valence-electron chi connectivity index (χ4n) is 7.98. The first kappa shape index (κ1) is 57.8. The van der Waals surface area contributed by atoms with E-state index in [-0.39, 0.29) is 24.5 Å². The van der Waals surface area contributed by atoms with Crippen molar-refractivity contribution in [2.75, 3.05) is 24.3 Å². The lowest BCUT2D eigenvalue weighted by Crippen LogP contribution is -2.25. The number of hydrogen-bond acceptors (Lipinski definition) is 4. The number of hydrogen-bond donors (Lipinski definition) is 1. The number of aryl methyl sites for hydroxylation is 4. The number of alkyl halides is 6. The van der Waals surface area contributed by atoms with Gasteiger partial charge in [-0.2, -0.15) is 26.3 Å². The van der Waals surface area contributed by atoms with Crippen LogP contribution in [0.2, 0.25) is 0 Å². The summed E-state index contributed by atoms with van der Waals surface area (Å²) < 4.78 is 85.4. The molecular formula is C60H55BrF6N6O2. The minimum Gasteiger partial charge on any atom is -0.388 e. The van der Waals surface area contributed by atoms with Crippen molar-refractivity contribution in [2.45, 2.75) is 67.0 Å². The van der Waals surface area contributed by atoms with Crippen molar-refractivity contribution < 1.29 is 26.3 Å². The van der Waals surface area contributed by atoms with Gasteiger partial charge in [0.05, 0.1) is 37.4 Å². The average molecular weight is 1090 g/mol. The standard InChI is InChI=1S/C29H24F3N3O.C22H16BrF3N2O.C7H9N.C2H6/c1-19-10-11-22(20(2)16-19)18-35-26(17-25(29(30,31)32)27(33-3)28(35)36)21-12-14-24(15-13-21)34(4)23-8-6-5-7-9-23;1-13-4-5-16(14(2)10-13)12-28-19(15-6-8-17(23)9-7-15)11-18(22(24,25)26)20(27-3)21(28)29;1-8-7-5-3-2-4-6-7;1-2/h5-17H,18H2,1-2,4H3;4-11H,12H2,1-2H3;2-6,8H,1H3;1-2H3. The quantitative estimate of drug-likeness (QED) is 0.116. The number of benzene rings is 6. The molecule has 8 rings (SSSR count). The first-order valence-corrected chi connectivity index (χ1v) is 24.4. The van der Waals surface area contributed by atoms with Crippen LogP contribution in [0.3, 0.4) is 0 Å². The molecule has 15 heteroatoms. The highest BCUT2D eigenvalue weighted by atomic mass is 79.9. The van der Waals surface area contributed by atoms with Crippen LogP contribution in [0.25, 0.3) is 32.2 Å². The molecule has 0 radical (unpaired) electrons. The van der Waals surface area contributed by atoms with Crippen molar-refractivity contribution in [3.05, 3.63) is 250 Å². The second-order valence-electron chi connectivity index (χ2n) is 17.0. The molecule has 6 aromatic carbocycles. The fraction of sp³-hybridized carbons (Fsp3) is 0.200. The van der Waals surface area contributed by atoms with Crippen LogP contribution >= 0.6 is 15.9 Å². The Kier molecular flexibility index (Phi) is 19.8. The monoisotopic (exact) mass is 1080 g/mol. The van der Waals surface area contributed by atoms with E-state index in [1.54, 1.807) is 48.5 Å². The summed E-state index contributed by atoms with van der Waals surface area (Å²) in [4.78, 5) is 34.0. The molecule has 0 amide bonds. The minimum atomic E-state index is -4.83. The number of pyridine rings is 2. The second-order valence-corrected chi connectivity index (χ2v) is 17.9. The Balaban J connectivity index is 0.000000238. The van der Waals surface area contributed by atoms with E-state index in [9.17, 15) is 35.9 Å². The zero-order chi connectivity index (χ0) is 55.2. The first-order valence-electron chi connectivity index (χ1n) is 23.6. The van der Waals surface area contributed by atoms with E-state index in [1.807, 2.05) is 158 Å². The number of anilines is 3. The summed E-state index contributed by atoms with van der Waals surface area (Å²) in [5, 5.41) is 3.03. The topological polar surface area (TPSA) is 68.0 Å². The van der Waals surface area contributed by atoms with E-state index in [2.05, 4.69) is 30.9 Å². The molecule has 0 saturated carbocycles. The van der Waals surface area contributed by atoms with E-state index in [0.29, 0.717) is 11.1 Å². The summed E-state index contributed by atoms with van der Waals surface area (Å²) in [6, 6.07) is 46.5. The molecule has 0 spiro atoms. The van der Waals surface area contributed by atoms with Gasteiger partial charge in [-0.15, -0.1) is 0 Å². The molecule has 0 unspecified atom stereocenters. The van der Waals surface area contributed by atoms with Crippen molar-refractivity contribution in [1.29, 1.82) is 0 Å². The average Bonchev–Trinajstić information content (AvgIpc) is 3.39. The van der Waals surface area contributed by atoms with Crippen LogP contribution < -0.4 is 21.3 Å². The summed E-state index contributed by atoms with van der Waals surface area (Å²) in [6.07, 6.45) is -9.64. The Hall–Kier alpha value is -8.14. The fourth-order valence-corrected chi connectivity index (χ4v) is 8.24. The third-order valence-electron chi connectivity index (χ3n) is 11.9. The molecule has 386 valence electrons. The first-order chi connectivity index (χ1) is 35.6. The molecule has 0 fully saturated rings. The highest BCUT2D eigenvalue weighted by Crippen LogP contribution is 2.39. The Morgan fingerprint density at radius 3 is 1.27 bits per heavy atom. The van der Waals surface area contributed by atoms with Crippen LogP contribution in [0, 0.1) is 40.8 Å². The van der Waals surface area contributed by atoms with Gasteiger partial charge in [-0.3, -0.25) is 9.59 Å². The van der Waals surface area contributed by atoms with E-state index in [4.69, 9.17) is 13.1 Å². The number of nitrogens with one attached hydrogen (secondary N) is 1. The Morgan fingerprint density at radius 2 is 0.920 bits per heavy atom. The van der Waals surface area contributed by atoms with Crippen molar-refractivity contribution in [1.82, 2.24) is 9.13 Å².